The molecule has 0 aliphatic carbocycles. The van der Waals surface area contributed by atoms with Crippen LogP contribution in [0.1, 0.15) is 28.6 Å². The van der Waals surface area contributed by atoms with Gasteiger partial charge in [-0.15, -0.1) is 0 Å². The van der Waals surface area contributed by atoms with Crippen molar-refractivity contribution in [3.63, 3.8) is 0 Å². The predicted octanol–water partition coefficient (Wildman–Crippen LogP) is 3.77. The van der Waals surface area contributed by atoms with E-state index in [2.05, 4.69) is 0 Å². The van der Waals surface area contributed by atoms with Gasteiger partial charge in [0, 0.05) is 16.1 Å². The van der Waals surface area contributed by atoms with Crippen molar-refractivity contribution in [2.45, 2.75) is 20.0 Å². The Labute approximate surface area is 104 Å². The number of benzene rings is 1. The van der Waals surface area contributed by atoms with Crippen LogP contribution in [0.3, 0.4) is 0 Å². The van der Waals surface area contributed by atoms with Crippen molar-refractivity contribution in [2.24, 2.45) is 0 Å². The van der Waals surface area contributed by atoms with Gasteiger partial charge >= 0.3 is 0 Å². The van der Waals surface area contributed by atoms with E-state index in [1.54, 1.807) is 26.0 Å². The van der Waals surface area contributed by atoms with E-state index in [1.165, 1.54) is 12.3 Å². The van der Waals surface area contributed by atoms with Gasteiger partial charge in [0.15, 0.2) is 0 Å². The lowest BCUT2D eigenvalue weighted by Crippen LogP contribution is -2.00. The molecule has 0 aliphatic heterocycles. The summed E-state index contributed by atoms with van der Waals surface area (Å²) in [5, 5.41) is 10.3. The Bertz CT molecular complexity index is 548. The number of rotatable bonds is 2. The van der Waals surface area contributed by atoms with Crippen molar-refractivity contribution in [3.05, 3.63) is 57.8 Å². The molecule has 2 aromatic rings. The molecule has 0 aliphatic rings. The zero-order chi connectivity index (χ0) is 12.6. The van der Waals surface area contributed by atoms with Gasteiger partial charge in [-0.3, -0.25) is 0 Å². The molecule has 0 spiro atoms. The topological polar surface area (TPSA) is 33.4 Å². The van der Waals surface area contributed by atoms with Crippen LogP contribution in [0.15, 0.2) is 28.9 Å². The Morgan fingerprint density at radius 1 is 1.29 bits per heavy atom. The number of hydrogen-bond acceptors (Lipinski definition) is 2. The Balaban J connectivity index is 2.43. The van der Waals surface area contributed by atoms with E-state index in [9.17, 15) is 9.50 Å². The second kappa shape index (κ2) is 4.51. The van der Waals surface area contributed by atoms with Crippen LogP contribution in [0.5, 0.6) is 0 Å². The number of aryl methyl sites for hydroxylation is 2. The van der Waals surface area contributed by atoms with Crippen LogP contribution >= 0.6 is 11.6 Å². The summed E-state index contributed by atoms with van der Waals surface area (Å²) < 4.78 is 18.4. The molecule has 0 saturated carbocycles. The Morgan fingerprint density at radius 3 is 2.59 bits per heavy atom. The van der Waals surface area contributed by atoms with Gasteiger partial charge in [-0.1, -0.05) is 11.6 Å². The van der Waals surface area contributed by atoms with Gasteiger partial charge in [0.05, 0.1) is 6.26 Å². The van der Waals surface area contributed by atoms with Crippen LogP contribution < -0.4 is 0 Å². The minimum atomic E-state index is -0.903. The summed E-state index contributed by atoms with van der Waals surface area (Å²) in [4.78, 5) is 0. The molecule has 1 aromatic carbocycles. The third-order valence-corrected chi connectivity index (χ3v) is 2.97. The fourth-order valence-electron chi connectivity index (χ4n) is 1.68. The lowest BCUT2D eigenvalue weighted by atomic mass is 10.0. The monoisotopic (exact) mass is 254 g/mol. The minimum absolute atomic E-state index is 0.208. The first-order valence-electron chi connectivity index (χ1n) is 5.17. The number of hydrogen-bond donors (Lipinski definition) is 1. The highest BCUT2D eigenvalue weighted by Crippen LogP contribution is 2.31. The molecular formula is C13H12ClFO2. The molecule has 90 valence electrons. The maximum absolute atomic E-state index is 13.2. The van der Waals surface area contributed by atoms with Gasteiger partial charge in [-0.2, -0.15) is 0 Å². The second-order valence-electron chi connectivity index (χ2n) is 4.02. The van der Waals surface area contributed by atoms with Crippen molar-refractivity contribution in [1.82, 2.24) is 0 Å². The third-order valence-electron chi connectivity index (χ3n) is 2.64. The fraction of sp³-hybridized carbons (Fsp3) is 0.231. The first-order valence-corrected chi connectivity index (χ1v) is 5.55. The van der Waals surface area contributed by atoms with Crippen LogP contribution in [0.2, 0.25) is 5.02 Å². The lowest BCUT2D eigenvalue weighted by Gasteiger charge is -2.12. The molecule has 2 nitrogen and oxygen atoms in total. The first kappa shape index (κ1) is 12.1. The summed E-state index contributed by atoms with van der Waals surface area (Å²) in [5.74, 6) is 0.323. The van der Waals surface area contributed by atoms with E-state index in [-0.39, 0.29) is 10.8 Å². The molecule has 0 fully saturated rings. The van der Waals surface area contributed by atoms with E-state index in [0.717, 1.165) is 0 Å². The zero-order valence-electron chi connectivity index (χ0n) is 9.50. The molecule has 1 heterocycles. The van der Waals surface area contributed by atoms with Crippen LogP contribution in [-0.4, -0.2) is 5.11 Å². The summed E-state index contributed by atoms with van der Waals surface area (Å²) in [6, 6.07) is 4.48. The normalized spacial score (nSPS) is 12.8. The minimum Gasteiger partial charge on any atom is -0.469 e. The molecule has 1 N–H and O–H groups in total. The highest BCUT2D eigenvalue weighted by molar-refractivity contribution is 6.31. The van der Waals surface area contributed by atoms with Crippen LogP contribution in [0.25, 0.3) is 0 Å². The molecule has 1 unspecified atom stereocenters. The van der Waals surface area contributed by atoms with Crippen LogP contribution in [0.4, 0.5) is 4.39 Å². The average Bonchev–Trinajstić information content (AvgIpc) is 2.69. The number of aliphatic hydroxyl groups is 1. The molecule has 0 radical (unpaired) electrons. The molecule has 1 atom stereocenters. The van der Waals surface area contributed by atoms with Crippen LogP contribution in [0, 0.1) is 19.7 Å². The van der Waals surface area contributed by atoms with E-state index in [0.29, 0.717) is 22.5 Å². The van der Waals surface area contributed by atoms with Crippen molar-refractivity contribution in [2.75, 3.05) is 0 Å². The van der Waals surface area contributed by atoms with Crippen molar-refractivity contribution >= 4 is 11.6 Å². The molecule has 1 aromatic heterocycles. The number of furan rings is 1. The summed E-state index contributed by atoms with van der Waals surface area (Å²) in [6.07, 6.45) is 0.564. The molecule has 0 bridgehead atoms. The SMILES string of the molecule is Cc1cc(C(O)c2cc(C)c(F)cc2Cl)co1. The maximum Gasteiger partial charge on any atom is 0.127 e. The molecular weight excluding hydrogens is 243 g/mol. The number of aliphatic hydroxyl groups excluding tert-OH is 1. The molecule has 0 amide bonds. The maximum atomic E-state index is 13.2. The third kappa shape index (κ3) is 2.35. The summed E-state index contributed by atoms with van der Waals surface area (Å²) >= 11 is 5.92. The smallest absolute Gasteiger partial charge is 0.127 e. The standard InChI is InChI=1S/C13H12ClFO2/c1-7-3-10(11(14)5-12(7)15)13(16)9-4-8(2)17-6-9/h3-6,13,16H,1-2H3. The highest BCUT2D eigenvalue weighted by Gasteiger charge is 2.17. The summed E-state index contributed by atoms with van der Waals surface area (Å²) in [5.41, 5.74) is 1.53. The fourth-order valence-corrected chi connectivity index (χ4v) is 1.93. The van der Waals surface area contributed by atoms with Gasteiger partial charge in [0.2, 0.25) is 0 Å². The lowest BCUT2D eigenvalue weighted by molar-refractivity contribution is 0.219. The van der Waals surface area contributed by atoms with E-state index >= 15 is 0 Å². The van der Waals surface area contributed by atoms with E-state index in [1.807, 2.05) is 0 Å². The van der Waals surface area contributed by atoms with Gasteiger partial charge in [0.25, 0.3) is 0 Å². The van der Waals surface area contributed by atoms with Crippen molar-refractivity contribution in [3.8, 4) is 0 Å². The van der Waals surface area contributed by atoms with Crippen molar-refractivity contribution in [1.29, 1.82) is 0 Å². The predicted molar refractivity (Wildman–Crippen MR) is 63.7 cm³/mol. The summed E-state index contributed by atoms with van der Waals surface area (Å²) in [6.45, 7) is 3.41. The Kier molecular flexibility index (Phi) is 3.22. The van der Waals surface area contributed by atoms with Gasteiger partial charge < -0.3 is 9.52 Å². The van der Waals surface area contributed by atoms with Crippen molar-refractivity contribution < 1.29 is 13.9 Å². The molecule has 0 saturated heterocycles. The number of halogens is 2. The van der Waals surface area contributed by atoms with Gasteiger partial charge in [-0.05, 0) is 37.6 Å². The van der Waals surface area contributed by atoms with Gasteiger partial charge in [0.1, 0.15) is 17.7 Å². The van der Waals surface area contributed by atoms with Crippen LogP contribution in [-0.2, 0) is 0 Å². The summed E-state index contributed by atoms with van der Waals surface area (Å²) in [7, 11) is 0. The quantitative estimate of drug-likeness (QED) is 0.885. The second-order valence-corrected chi connectivity index (χ2v) is 4.42. The average molecular weight is 255 g/mol. The zero-order valence-corrected chi connectivity index (χ0v) is 10.3. The van der Waals surface area contributed by atoms with Gasteiger partial charge in [-0.25, -0.2) is 4.39 Å². The first-order chi connectivity index (χ1) is 7.99. The largest absolute Gasteiger partial charge is 0.469 e. The highest BCUT2D eigenvalue weighted by atomic mass is 35.5. The molecule has 4 heteroatoms. The van der Waals surface area contributed by atoms with E-state index < -0.39 is 6.10 Å². The Hall–Kier alpha value is -1.32. The van der Waals surface area contributed by atoms with E-state index in [4.69, 9.17) is 16.0 Å². The molecule has 2 rings (SSSR count). The molecule has 17 heavy (non-hydrogen) atoms. The Morgan fingerprint density at radius 2 is 2.00 bits per heavy atom.